The first-order chi connectivity index (χ1) is 17.8. The molecular weight excluding hydrogens is 472 g/mol. The Kier molecular flexibility index (Phi) is 5.52. The van der Waals surface area contributed by atoms with Gasteiger partial charge in [0, 0.05) is 47.7 Å². The summed E-state index contributed by atoms with van der Waals surface area (Å²) >= 11 is 0. The fraction of sp³-hybridized carbons (Fsp3) is 0.385. The minimum absolute atomic E-state index is 0.00707. The summed E-state index contributed by atoms with van der Waals surface area (Å²) in [5.41, 5.74) is 10.4. The summed E-state index contributed by atoms with van der Waals surface area (Å²) in [5.74, 6) is 0.498. The lowest BCUT2D eigenvalue weighted by Gasteiger charge is -2.39. The van der Waals surface area contributed by atoms with Crippen molar-refractivity contribution in [3.63, 3.8) is 0 Å². The Morgan fingerprint density at radius 2 is 1.92 bits per heavy atom. The Bertz CT molecular complexity index is 1480. The molecule has 2 aliphatic heterocycles. The number of nitrogens with one attached hydrogen (secondary N) is 1. The molecule has 37 heavy (non-hydrogen) atoms. The molecule has 0 aliphatic carbocycles. The molecule has 1 amide bonds. The number of nitrogens with zero attached hydrogens (tertiary/aromatic N) is 6. The number of anilines is 1. The average Bonchev–Trinajstić information content (AvgIpc) is 3.62. The minimum Gasteiger partial charge on any atom is -0.384 e. The van der Waals surface area contributed by atoms with Crippen molar-refractivity contribution in [1.82, 2.24) is 34.4 Å². The molecule has 0 spiro atoms. The van der Waals surface area contributed by atoms with Crippen LogP contribution < -0.4 is 5.73 Å². The van der Waals surface area contributed by atoms with E-state index in [1.807, 2.05) is 17.0 Å². The number of aromatic amines is 1. The number of hydrogen-bond acceptors (Lipinski definition) is 8. The summed E-state index contributed by atoms with van der Waals surface area (Å²) in [6, 6.07) is 3.82. The van der Waals surface area contributed by atoms with Gasteiger partial charge < -0.3 is 20.7 Å². The zero-order chi connectivity index (χ0) is 25.8. The lowest BCUT2D eigenvalue weighted by Crippen LogP contribution is -2.49. The quantitative estimate of drug-likeness (QED) is 0.353. The number of pyridine rings is 1. The van der Waals surface area contributed by atoms with E-state index in [0.29, 0.717) is 41.3 Å². The predicted octanol–water partition coefficient (Wildman–Crippen LogP) is 2.58. The third-order valence-corrected chi connectivity index (χ3v) is 7.61. The van der Waals surface area contributed by atoms with Gasteiger partial charge >= 0.3 is 0 Å². The molecule has 0 saturated carbocycles. The van der Waals surface area contributed by atoms with E-state index in [9.17, 15) is 14.7 Å². The second-order valence-electron chi connectivity index (χ2n) is 9.95. The summed E-state index contributed by atoms with van der Waals surface area (Å²) in [6.07, 6.45) is 8.90. The Hall–Kier alpha value is -4.12. The van der Waals surface area contributed by atoms with Gasteiger partial charge in [0.2, 0.25) is 0 Å². The summed E-state index contributed by atoms with van der Waals surface area (Å²) in [7, 11) is 0. The van der Waals surface area contributed by atoms with Crippen molar-refractivity contribution < 1.29 is 14.7 Å². The van der Waals surface area contributed by atoms with Crippen LogP contribution in [0, 0.1) is 0 Å². The first-order valence-corrected chi connectivity index (χ1v) is 12.5. The van der Waals surface area contributed by atoms with Gasteiger partial charge in [-0.25, -0.2) is 9.97 Å². The van der Waals surface area contributed by atoms with Gasteiger partial charge in [-0.15, -0.1) is 0 Å². The van der Waals surface area contributed by atoms with Crippen LogP contribution in [-0.4, -0.2) is 69.4 Å². The molecule has 1 unspecified atom stereocenters. The summed E-state index contributed by atoms with van der Waals surface area (Å²) in [4.78, 5) is 44.0. The van der Waals surface area contributed by atoms with Crippen molar-refractivity contribution >= 4 is 23.2 Å². The van der Waals surface area contributed by atoms with Gasteiger partial charge in [-0.05, 0) is 45.6 Å². The first kappa shape index (κ1) is 23.3. The minimum atomic E-state index is -1.03. The molecule has 11 heteroatoms. The molecular formula is C26H28N8O3. The lowest BCUT2D eigenvalue weighted by atomic mass is 9.85. The molecule has 6 heterocycles. The lowest BCUT2D eigenvalue weighted by molar-refractivity contribution is -0.144. The summed E-state index contributed by atoms with van der Waals surface area (Å²) < 4.78 is 1.51. The van der Waals surface area contributed by atoms with Crippen LogP contribution in [0.4, 0.5) is 5.82 Å². The molecule has 4 N–H and O–H groups in total. The monoisotopic (exact) mass is 500 g/mol. The highest BCUT2D eigenvalue weighted by Gasteiger charge is 2.45. The second-order valence-corrected chi connectivity index (χ2v) is 9.95. The molecule has 6 rings (SSSR count). The number of nitrogen functional groups attached to an aromatic ring is 1. The number of aliphatic hydroxyl groups excluding tert-OH is 1. The maximum Gasteiger partial charge on any atom is 0.251 e. The molecule has 4 aromatic heterocycles. The molecule has 11 nitrogen and oxygen atoms in total. The highest BCUT2D eigenvalue weighted by Crippen LogP contribution is 2.44. The van der Waals surface area contributed by atoms with Crippen LogP contribution in [0.3, 0.4) is 0 Å². The topological polar surface area (TPSA) is 155 Å². The van der Waals surface area contributed by atoms with Crippen molar-refractivity contribution in [1.29, 1.82) is 0 Å². The van der Waals surface area contributed by atoms with E-state index in [4.69, 9.17) is 10.7 Å². The van der Waals surface area contributed by atoms with Crippen LogP contribution in [0.1, 0.15) is 61.5 Å². The van der Waals surface area contributed by atoms with Crippen LogP contribution in [0.15, 0.2) is 36.9 Å². The number of ketones is 1. The number of fused-ring (bicyclic) bond motifs is 3. The standard InChI is InChI=1S/C26H28N8O3/c1-13(35)21-22(16-9-17-4-5-18(10-16)33(17)26(37)14(2)36)32-25-19(12-31-34(25)23(21)27)15-3-6-20(30-11-15)24-28-7-8-29-24/h3,6-8,11-12,14,16-18,36H,4-5,9-10,27H2,1-2H3,(H,28,29)/t14-,16?,17-,18+/m1/s1. The normalized spacial score (nSPS) is 21.9. The number of carbonyl (C=O) groups is 2. The van der Waals surface area contributed by atoms with Gasteiger partial charge in [0.25, 0.3) is 5.91 Å². The van der Waals surface area contributed by atoms with E-state index in [0.717, 1.165) is 24.0 Å². The zero-order valence-electron chi connectivity index (χ0n) is 20.6. The fourth-order valence-electron chi connectivity index (χ4n) is 5.97. The van der Waals surface area contributed by atoms with Crippen LogP contribution in [0.5, 0.6) is 0 Å². The van der Waals surface area contributed by atoms with Gasteiger partial charge in [-0.1, -0.05) is 6.07 Å². The third-order valence-electron chi connectivity index (χ3n) is 7.61. The van der Waals surface area contributed by atoms with Crippen LogP contribution in [0.2, 0.25) is 0 Å². The van der Waals surface area contributed by atoms with Crippen molar-refractivity contribution in [3.8, 4) is 22.6 Å². The molecule has 190 valence electrons. The SMILES string of the molecule is CC(=O)c1c(C2C[C@H]3CC[C@@H](C2)N3C(=O)[C@@H](C)O)nc2c(-c3ccc(-c4ncc[nH]4)nc3)cnn2c1N. The van der Waals surface area contributed by atoms with Crippen LogP contribution in [0.25, 0.3) is 28.3 Å². The highest BCUT2D eigenvalue weighted by atomic mass is 16.3. The first-order valence-electron chi connectivity index (χ1n) is 12.5. The van der Waals surface area contributed by atoms with Crippen LogP contribution in [-0.2, 0) is 4.79 Å². The maximum atomic E-state index is 12.8. The molecule has 0 radical (unpaired) electrons. The predicted molar refractivity (Wildman–Crippen MR) is 136 cm³/mol. The van der Waals surface area contributed by atoms with Crippen molar-refractivity contribution in [3.05, 3.63) is 48.2 Å². The third kappa shape index (κ3) is 3.77. The van der Waals surface area contributed by atoms with Gasteiger partial charge in [-0.2, -0.15) is 9.61 Å². The molecule has 2 aliphatic rings. The Morgan fingerprint density at radius 3 is 2.51 bits per heavy atom. The Balaban J connectivity index is 1.41. The number of rotatable bonds is 5. The Morgan fingerprint density at radius 1 is 1.16 bits per heavy atom. The smallest absolute Gasteiger partial charge is 0.251 e. The largest absolute Gasteiger partial charge is 0.384 e. The van der Waals surface area contributed by atoms with Gasteiger partial charge in [0.15, 0.2) is 17.3 Å². The van der Waals surface area contributed by atoms with Crippen LogP contribution >= 0.6 is 0 Å². The zero-order valence-corrected chi connectivity index (χ0v) is 20.6. The number of amides is 1. The number of Topliss-reactive ketones (excluding diaryl/α,β-unsaturated/α-hetero) is 1. The van der Waals surface area contributed by atoms with Gasteiger partial charge in [0.1, 0.15) is 17.6 Å². The summed E-state index contributed by atoms with van der Waals surface area (Å²) in [6.45, 7) is 3.00. The van der Waals surface area contributed by atoms with E-state index in [-0.39, 0.29) is 35.5 Å². The Labute approximate surface area is 212 Å². The van der Waals surface area contributed by atoms with Gasteiger partial charge in [-0.3, -0.25) is 14.6 Å². The second kappa shape index (κ2) is 8.77. The van der Waals surface area contributed by atoms with Crippen molar-refractivity contribution in [2.75, 3.05) is 5.73 Å². The number of carbonyl (C=O) groups excluding carboxylic acids is 2. The molecule has 0 aromatic carbocycles. The number of hydrogen-bond donors (Lipinski definition) is 3. The van der Waals surface area contributed by atoms with Gasteiger partial charge in [0.05, 0.1) is 17.5 Å². The van der Waals surface area contributed by atoms with E-state index in [1.165, 1.54) is 18.4 Å². The van der Waals surface area contributed by atoms with E-state index in [1.54, 1.807) is 24.8 Å². The summed E-state index contributed by atoms with van der Waals surface area (Å²) in [5, 5.41) is 14.3. The molecule has 2 saturated heterocycles. The van der Waals surface area contributed by atoms with Crippen molar-refractivity contribution in [2.45, 2.75) is 63.6 Å². The van der Waals surface area contributed by atoms with E-state index < -0.39 is 6.10 Å². The molecule has 4 atom stereocenters. The highest BCUT2D eigenvalue weighted by molar-refractivity contribution is 6.00. The number of nitrogens with two attached hydrogens (primary N) is 1. The van der Waals surface area contributed by atoms with E-state index >= 15 is 0 Å². The number of imidazole rings is 1. The number of aromatic nitrogens is 6. The number of piperidine rings is 1. The fourth-order valence-corrected chi connectivity index (χ4v) is 5.97. The van der Waals surface area contributed by atoms with E-state index in [2.05, 4.69) is 20.1 Å². The number of aliphatic hydroxyl groups is 1. The molecule has 2 fully saturated rings. The van der Waals surface area contributed by atoms with Crippen molar-refractivity contribution in [2.24, 2.45) is 0 Å². The maximum absolute atomic E-state index is 12.8. The molecule has 4 aromatic rings. The average molecular weight is 501 g/mol. The number of H-pyrrole nitrogens is 1. The molecule has 2 bridgehead atoms.